The third-order valence-electron chi connectivity index (χ3n) is 5.57. The van der Waals surface area contributed by atoms with Crippen LogP contribution in [0.25, 0.3) is 10.9 Å². The molecule has 1 aromatic heterocycles. The maximum absolute atomic E-state index is 12.7. The number of nitrogens with one attached hydrogen (secondary N) is 1. The molecule has 1 N–H and O–H groups in total. The van der Waals surface area contributed by atoms with Crippen molar-refractivity contribution in [2.75, 3.05) is 4.90 Å². The predicted molar refractivity (Wildman–Crippen MR) is 103 cm³/mol. The first-order chi connectivity index (χ1) is 13.5. The number of hydrogen-bond acceptors (Lipinski definition) is 1. The Hall–Kier alpha value is -2.76. The summed E-state index contributed by atoms with van der Waals surface area (Å²) >= 11 is 0. The summed E-state index contributed by atoms with van der Waals surface area (Å²) in [6, 6.07) is 11.7. The fourth-order valence-electron chi connectivity index (χ4n) is 3.68. The van der Waals surface area contributed by atoms with E-state index in [0.717, 1.165) is 71.9 Å². The number of anilines is 1. The van der Waals surface area contributed by atoms with Crippen LogP contribution >= 0.6 is 0 Å². The van der Waals surface area contributed by atoms with Crippen molar-refractivity contribution in [2.45, 2.75) is 44.3 Å². The number of aromatic nitrogens is 1. The monoisotopic (exact) mass is 386 g/mol. The molecule has 3 nitrogen and oxygen atoms in total. The minimum atomic E-state index is -4.31. The molecule has 0 atom stereocenters. The summed E-state index contributed by atoms with van der Waals surface area (Å²) in [7, 11) is 0. The van der Waals surface area contributed by atoms with Gasteiger partial charge in [-0.3, -0.25) is 4.79 Å². The van der Waals surface area contributed by atoms with E-state index in [1.165, 1.54) is 12.1 Å². The van der Waals surface area contributed by atoms with Crippen LogP contribution < -0.4 is 4.90 Å². The zero-order valence-corrected chi connectivity index (χ0v) is 15.3. The maximum atomic E-state index is 12.7. The van der Waals surface area contributed by atoms with Crippen molar-refractivity contribution in [3.05, 3.63) is 65.4 Å². The first kappa shape index (κ1) is 18.6. The van der Waals surface area contributed by atoms with Crippen molar-refractivity contribution in [1.29, 1.82) is 0 Å². The Morgan fingerprint density at radius 3 is 2.32 bits per heavy atom. The van der Waals surface area contributed by atoms with Crippen LogP contribution in [-0.4, -0.2) is 17.4 Å². The van der Waals surface area contributed by atoms with Gasteiger partial charge in [-0.2, -0.15) is 13.2 Å². The third-order valence-corrected chi connectivity index (χ3v) is 5.57. The zero-order valence-electron chi connectivity index (χ0n) is 15.3. The maximum Gasteiger partial charge on any atom is 0.416 e. The van der Waals surface area contributed by atoms with Crippen molar-refractivity contribution >= 4 is 23.0 Å². The quantitative estimate of drug-likeness (QED) is 0.559. The van der Waals surface area contributed by atoms with Crippen molar-refractivity contribution in [3.8, 4) is 0 Å². The second kappa shape index (κ2) is 7.34. The smallest absolute Gasteiger partial charge is 0.359 e. The van der Waals surface area contributed by atoms with Gasteiger partial charge in [0.05, 0.1) is 11.3 Å². The molecule has 0 bridgehead atoms. The summed E-state index contributed by atoms with van der Waals surface area (Å²) in [4.78, 5) is 16.6. The molecule has 1 heterocycles. The van der Waals surface area contributed by atoms with Gasteiger partial charge in [-0.1, -0.05) is 18.2 Å². The highest BCUT2D eigenvalue weighted by atomic mass is 19.4. The molecule has 0 spiro atoms. The van der Waals surface area contributed by atoms with Gasteiger partial charge >= 0.3 is 6.18 Å². The highest BCUT2D eigenvalue weighted by molar-refractivity contribution is 5.98. The Balaban J connectivity index is 1.51. The van der Waals surface area contributed by atoms with E-state index in [2.05, 4.69) is 11.1 Å². The third kappa shape index (κ3) is 3.63. The van der Waals surface area contributed by atoms with Gasteiger partial charge < -0.3 is 9.88 Å². The Bertz CT molecular complexity index is 972. The highest BCUT2D eigenvalue weighted by Crippen LogP contribution is 2.34. The number of aromatic amines is 1. The van der Waals surface area contributed by atoms with Crippen LogP contribution in [0.15, 0.2) is 48.7 Å². The second-order valence-electron chi connectivity index (χ2n) is 7.35. The molecule has 4 rings (SSSR count). The number of aryl methyl sites for hydroxylation is 2. The van der Waals surface area contributed by atoms with Crippen LogP contribution in [0.5, 0.6) is 0 Å². The Labute approximate surface area is 161 Å². The molecular weight excluding hydrogens is 365 g/mol. The number of carbonyl (C=O) groups excluding carboxylic acids is 1. The molecule has 146 valence electrons. The molecule has 2 aromatic carbocycles. The van der Waals surface area contributed by atoms with Crippen molar-refractivity contribution in [2.24, 2.45) is 0 Å². The largest absolute Gasteiger partial charge is 0.416 e. The first-order valence-corrected chi connectivity index (χ1v) is 9.45. The lowest BCUT2D eigenvalue weighted by Gasteiger charge is -2.34. The van der Waals surface area contributed by atoms with E-state index in [1.54, 1.807) is 0 Å². The van der Waals surface area contributed by atoms with E-state index in [0.29, 0.717) is 6.42 Å². The molecule has 0 saturated heterocycles. The lowest BCUT2D eigenvalue weighted by Crippen LogP contribution is -2.39. The van der Waals surface area contributed by atoms with Gasteiger partial charge in [-0.25, -0.2) is 0 Å². The summed E-state index contributed by atoms with van der Waals surface area (Å²) in [5, 5.41) is 1.00. The number of hydrogen-bond donors (Lipinski definition) is 1. The predicted octanol–water partition coefficient (Wildman–Crippen LogP) is 5.49. The fourth-order valence-corrected chi connectivity index (χ4v) is 3.68. The Morgan fingerprint density at radius 2 is 1.71 bits per heavy atom. The molecule has 1 amide bonds. The van der Waals surface area contributed by atoms with Gasteiger partial charge in [-0.15, -0.1) is 0 Å². The summed E-state index contributed by atoms with van der Waals surface area (Å²) in [5.41, 5.74) is 3.20. The summed E-state index contributed by atoms with van der Waals surface area (Å²) in [6.07, 6.45) is 3.05. The molecule has 28 heavy (non-hydrogen) atoms. The average Bonchev–Trinajstić information content (AvgIpc) is 3.05. The molecule has 0 aliphatic heterocycles. The summed E-state index contributed by atoms with van der Waals surface area (Å²) in [6.45, 7) is 0. The number of nitrogens with zero attached hydrogens (tertiary/aromatic N) is 1. The molecule has 1 fully saturated rings. The van der Waals surface area contributed by atoms with Gasteiger partial charge in [0.2, 0.25) is 6.41 Å². The van der Waals surface area contributed by atoms with Crippen LogP contribution in [0, 0.1) is 0 Å². The summed E-state index contributed by atoms with van der Waals surface area (Å²) < 4.78 is 38.0. The van der Waals surface area contributed by atoms with Crippen molar-refractivity contribution in [3.63, 3.8) is 0 Å². The van der Waals surface area contributed by atoms with Gasteiger partial charge in [0.25, 0.3) is 0 Å². The number of alkyl halides is 3. The van der Waals surface area contributed by atoms with E-state index >= 15 is 0 Å². The van der Waals surface area contributed by atoms with Gasteiger partial charge in [0, 0.05) is 23.1 Å². The second-order valence-corrected chi connectivity index (χ2v) is 7.35. The number of rotatable bonds is 6. The number of amides is 1. The summed E-state index contributed by atoms with van der Waals surface area (Å²) in [5.74, 6) is 0. The Morgan fingerprint density at radius 1 is 1.04 bits per heavy atom. The highest BCUT2D eigenvalue weighted by Gasteiger charge is 2.30. The standard InChI is InChI=1S/C22H21F3N2O/c23-22(24,25)17-9-6-15(7-10-17)4-5-16-8-11-20-19(12-16)21(13-26-20)27(14-28)18-2-1-3-18/h6-14,18,26H,1-5H2. The molecule has 6 heteroatoms. The van der Waals surface area contributed by atoms with E-state index in [4.69, 9.17) is 0 Å². The lowest BCUT2D eigenvalue weighted by atomic mass is 9.91. The average molecular weight is 386 g/mol. The normalized spacial score (nSPS) is 14.8. The molecule has 0 radical (unpaired) electrons. The van der Waals surface area contributed by atoms with Crippen molar-refractivity contribution in [1.82, 2.24) is 4.98 Å². The minimum absolute atomic E-state index is 0.271. The van der Waals surface area contributed by atoms with Crippen LogP contribution in [0.1, 0.15) is 36.0 Å². The van der Waals surface area contributed by atoms with Gasteiger partial charge in [0.15, 0.2) is 0 Å². The number of H-pyrrole nitrogens is 1. The van der Waals surface area contributed by atoms with Gasteiger partial charge in [-0.05, 0) is 67.5 Å². The number of carbonyl (C=O) groups is 1. The van der Waals surface area contributed by atoms with Crippen LogP contribution in [0.4, 0.5) is 18.9 Å². The Kier molecular flexibility index (Phi) is 4.87. The van der Waals surface area contributed by atoms with Crippen LogP contribution in [-0.2, 0) is 23.8 Å². The number of benzene rings is 2. The number of fused-ring (bicyclic) bond motifs is 1. The molecule has 1 saturated carbocycles. The van der Waals surface area contributed by atoms with E-state index in [9.17, 15) is 18.0 Å². The number of halogens is 3. The molecule has 1 aliphatic rings. The van der Waals surface area contributed by atoms with E-state index < -0.39 is 11.7 Å². The SMILES string of the molecule is O=CN(c1c[nH]c2ccc(CCc3ccc(C(F)(F)F)cc3)cc12)C1CCC1. The van der Waals surface area contributed by atoms with Crippen LogP contribution in [0.2, 0.25) is 0 Å². The van der Waals surface area contributed by atoms with E-state index in [-0.39, 0.29) is 6.04 Å². The van der Waals surface area contributed by atoms with Crippen LogP contribution in [0.3, 0.4) is 0 Å². The van der Waals surface area contributed by atoms with E-state index in [1.807, 2.05) is 23.2 Å². The molecule has 0 unspecified atom stereocenters. The first-order valence-electron chi connectivity index (χ1n) is 9.45. The topological polar surface area (TPSA) is 36.1 Å². The molecular formula is C22H21F3N2O. The van der Waals surface area contributed by atoms with Gasteiger partial charge in [0.1, 0.15) is 0 Å². The fraction of sp³-hybridized carbons (Fsp3) is 0.318. The minimum Gasteiger partial charge on any atom is -0.359 e. The lowest BCUT2D eigenvalue weighted by molar-refractivity contribution is -0.137. The molecule has 1 aliphatic carbocycles. The zero-order chi connectivity index (χ0) is 19.7. The molecule has 3 aromatic rings. The van der Waals surface area contributed by atoms with Crippen molar-refractivity contribution < 1.29 is 18.0 Å².